The van der Waals surface area contributed by atoms with E-state index in [1.54, 1.807) is 0 Å². The summed E-state index contributed by atoms with van der Waals surface area (Å²) in [6.07, 6.45) is 10.8. The summed E-state index contributed by atoms with van der Waals surface area (Å²) in [5.41, 5.74) is 0. The Bertz CT molecular complexity index is 146. The molecule has 0 bridgehead atoms. The molecule has 0 aromatic rings. The molecule has 0 amide bonds. The lowest BCUT2D eigenvalue weighted by molar-refractivity contribution is -0.0994. The van der Waals surface area contributed by atoms with Crippen LogP contribution in [-0.4, -0.2) is 18.0 Å². The van der Waals surface area contributed by atoms with Gasteiger partial charge >= 0.3 is 0 Å². The van der Waals surface area contributed by atoms with Crippen molar-refractivity contribution < 1.29 is 9.84 Å². The van der Waals surface area contributed by atoms with Crippen molar-refractivity contribution in [1.29, 1.82) is 0 Å². The number of hydrogen-bond acceptors (Lipinski definition) is 2. The van der Waals surface area contributed by atoms with Crippen LogP contribution in [0.1, 0.15) is 78.6 Å². The van der Waals surface area contributed by atoms with Gasteiger partial charge in [-0.3, -0.25) is 0 Å². The van der Waals surface area contributed by atoms with Gasteiger partial charge in [0.25, 0.3) is 0 Å². The maximum atomic E-state index is 9.35. The smallest absolute Gasteiger partial charge is 0.154 e. The third kappa shape index (κ3) is 13.9. The Hall–Kier alpha value is -0.0800. The summed E-state index contributed by atoms with van der Waals surface area (Å²) in [5, 5.41) is 9.35. The quantitative estimate of drug-likeness (QED) is 0.404. The Morgan fingerprint density at radius 3 is 1.76 bits per heavy atom. The Labute approximate surface area is 108 Å². The molecule has 0 aromatic carbocycles. The number of hydrogen-bond donors (Lipinski definition) is 1. The molecular formula is C15H32O2. The van der Waals surface area contributed by atoms with E-state index in [4.69, 9.17) is 4.74 Å². The molecule has 0 heterocycles. The van der Waals surface area contributed by atoms with Gasteiger partial charge in [0.05, 0.1) is 0 Å². The monoisotopic (exact) mass is 244 g/mol. The molecule has 2 nitrogen and oxygen atoms in total. The van der Waals surface area contributed by atoms with Crippen LogP contribution < -0.4 is 0 Å². The van der Waals surface area contributed by atoms with Crippen LogP contribution in [0.25, 0.3) is 0 Å². The van der Waals surface area contributed by atoms with E-state index < -0.39 is 6.29 Å². The van der Waals surface area contributed by atoms with Gasteiger partial charge in [-0.1, -0.05) is 58.8 Å². The topological polar surface area (TPSA) is 29.5 Å². The van der Waals surface area contributed by atoms with Crippen LogP contribution in [0.15, 0.2) is 0 Å². The summed E-state index contributed by atoms with van der Waals surface area (Å²) in [6, 6.07) is 0. The third-order valence-corrected chi connectivity index (χ3v) is 3.09. The summed E-state index contributed by atoms with van der Waals surface area (Å²) >= 11 is 0. The van der Waals surface area contributed by atoms with E-state index in [-0.39, 0.29) is 0 Å². The lowest BCUT2D eigenvalue weighted by Gasteiger charge is -2.09. The van der Waals surface area contributed by atoms with Gasteiger partial charge in [-0.25, -0.2) is 0 Å². The molecule has 1 atom stereocenters. The Morgan fingerprint density at radius 1 is 0.824 bits per heavy atom. The largest absolute Gasteiger partial charge is 0.368 e. The van der Waals surface area contributed by atoms with E-state index in [0.29, 0.717) is 6.61 Å². The predicted molar refractivity (Wildman–Crippen MR) is 74.0 cm³/mol. The first-order chi connectivity index (χ1) is 8.16. The minimum Gasteiger partial charge on any atom is -0.368 e. The van der Waals surface area contributed by atoms with Gasteiger partial charge in [0.1, 0.15) is 0 Å². The first kappa shape index (κ1) is 16.9. The summed E-state index contributed by atoms with van der Waals surface area (Å²) < 4.78 is 5.08. The second-order valence-electron chi connectivity index (χ2n) is 5.36. The van der Waals surface area contributed by atoms with E-state index in [2.05, 4.69) is 13.8 Å². The zero-order valence-corrected chi connectivity index (χ0v) is 12.1. The molecule has 0 spiro atoms. The first-order valence-electron chi connectivity index (χ1n) is 7.46. The fraction of sp³-hybridized carbons (Fsp3) is 1.00. The molecule has 1 N–H and O–H groups in total. The lowest BCUT2D eigenvalue weighted by Crippen LogP contribution is -2.10. The predicted octanol–water partition coefficient (Wildman–Crippen LogP) is 4.51. The van der Waals surface area contributed by atoms with Gasteiger partial charge in [0.2, 0.25) is 0 Å². The van der Waals surface area contributed by atoms with Crippen molar-refractivity contribution in [2.45, 2.75) is 84.8 Å². The molecule has 0 radical (unpaired) electrons. The van der Waals surface area contributed by atoms with Gasteiger partial charge in [-0.15, -0.1) is 0 Å². The summed E-state index contributed by atoms with van der Waals surface area (Å²) in [7, 11) is 0. The third-order valence-electron chi connectivity index (χ3n) is 3.09. The maximum Gasteiger partial charge on any atom is 0.154 e. The van der Waals surface area contributed by atoms with Gasteiger partial charge in [0.15, 0.2) is 6.29 Å². The van der Waals surface area contributed by atoms with Gasteiger partial charge in [-0.2, -0.15) is 0 Å². The number of ether oxygens (including phenoxy) is 1. The molecule has 104 valence electrons. The van der Waals surface area contributed by atoms with Crippen LogP contribution in [0.4, 0.5) is 0 Å². The minimum atomic E-state index is -0.536. The molecule has 2 heteroatoms. The number of unbranched alkanes of at least 4 members (excludes halogenated alkanes) is 6. The highest BCUT2D eigenvalue weighted by Gasteiger charge is 2.01. The Balaban J connectivity index is 3.03. The van der Waals surface area contributed by atoms with Crippen molar-refractivity contribution in [3.63, 3.8) is 0 Å². The standard InChI is InChI=1S/C15H32O2/c1-4-17-15(16)13-11-9-7-5-6-8-10-12-14(2)3/h14-16H,4-13H2,1-3H3. The molecule has 1 unspecified atom stereocenters. The fourth-order valence-corrected chi connectivity index (χ4v) is 2.03. The highest BCUT2D eigenvalue weighted by molar-refractivity contribution is 4.50. The average molecular weight is 244 g/mol. The average Bonchev–Trinajstić information content (AvgIpc) is 2.27. The summed E-state index contributed by atoms with van der Waals surface area (Å²) in [5.74, 6) is 0.857. The molecular weight excluding hydrogens is 212 g/mol. The number of rotatable bonds is 12. The van der Waals surface area contributed by atoms with Crippen molar-refractivity contribution in [3.05, 3.63) is 0 Å². The van der Waals surface area contributed by atoms with E-state index in [1.807, 2.05) is 6.92 Å². The molecule has 0 aliphatic carbocycles. The first-order valence-corrected chi connectivity index (χ1v) is 7.46. The molecule has 0 saturated heterocycles. The fourth-order valence-electron chi connectivity index (χ4n) is 2.03. The second-order valence-corrected chi connectivity index (χ2v) is 5.36. The van der Waals surface area contributed by atoms with Crippen LogP contribution in [0, 0.1) is 5.92 Å². The van der Waals surface area contributed by atoms with Crippen LogP contribution in [0.3, 0.4) is 0 Å². The van der Waals surface area contributed by atoms with Crippen molar-refractivity contribution in [1.82, 2.24) is 0 Å². The highest BCUT2D eigenvalue weighted by atomic mass is 16.6. The zero-order valence-electron chi connectivity index (χ0n) is 12.1. The number of aliphatic hydroxyl groups excluding tert-OH is 1. The van der Waals surface area contributed by atoms with E-state index in [0.717, 1.165) is 18.8 Å². The Kier molecular flexibility index (Phi) is 12.3. The number of aliphatic hydroxyl groups is 1. The van der Waals surface area contributed by atoms with Gasteiger partial charge in [0, 0.05) is 6.61 Å². The second kappa shape index (κ2) is 12.4. The normalized spacial score (nSPS) is 13.2. The van der Waals surface area contributed by atoms with Crippen LogP contribution >= 0.6 is 0 Å². The van der Waals surface area contributed by atoms with Gasteiger partial charge in [-0.05, 0) is 25.7 Å². The van der Waals surface area contributed by atoms with Crippen LogP contribution in [0.2, 0.25) is 0 Å². The van der Waals surface area contributed by atoms with E-state index in [9.17, 15) is 5.11 Å². The SMILES string of the molecule is CCOC(O)CCCCCCCCCC(C)C. The highest BCUT2D eigenvalue weighted by Crippen LogP contribution is 2.13. The van der Waals surface area contributed by atoms with Crippen LogP contribution in [0.5, 0.6) is 0 Å². The molecule has 0 saturated carbocycles. The molecule has 0 aliphatic rings. The molecule has 0 aliphatic heterocycles. The van der Waals surface area contributed by atoms with E-state index >= 15 is 0 Å². The zero-order chi connectivity index (χ0) is 12.9. The summed E-state index contributed by atoms with van der Waals surface area (Å²) in [4.78, 5) is 0. The summed E-state index contributed by atoms with van der Waals surface area (Å²) in [6.45, 7) is 7.12. The molecule has 17 heavy (non-hydrogen) atoms. The van der Waals surface area contributed by atoms with Crippen molar-refractivity contribution in [3.8, 4) is 0 Å². The van der Waals surface area contributed by atoms with Crippen molar-refractivity contribution >= 4 is 0 Å². The van der Waals surface area contributed by atoms with Crippen molar-refractivity contribution in [2.75, 3.05) is 6.61 Å². The Morgan fingerprint density at radius 2 is 1.29 bits per heavy atom. The minimum absolute atomic E-state index is 0.536. The molecule has 0 fully saturated rings. The van der Waals surface area contributed by atoms with Gasteiger partial charge < -0.3 is 9.84 Å². The van der Waals surface area contributed by atoms with Crippen molar-refractivity contribution in [2.24, 2.45) is 5.92 Å². The molecule has 0 rings (SSSR count). The maximum absolute atomic E-state index is 9.35. The lowest BCUT2D eigenvalue weighted by atomic mass is 10.0. The van der Waals surface area contributed by atoms with E-state index in [1.165, 1.54) is 44.9 Å². The molecule has 0 aromatic heterocycles. The van der Waals surface area contributed by atoms with Crippen LogP contribution in [-0.2, 0) is 4.74 Å².